The van der Waals surface area contributed by atoms with E-state index in [9.17, 15) is 24.6 Å². The largest absolute Gasteiger partial charge is 0.507 e. The molecule has 1 atom stereocenters. The Bertz CT molecular complexity index is 1210. The van der Waals surface area contributed by atoms with Crippen LogP contribution in [0.3, 0.4) is 0 Å². The Labute approximate surface area is 185 Å². The monoisotopic (exact) mass is 430 g/mol. The Morgan fingerprint density at radius 1 is 0.906 bits per heavy atom. The predicted molar refractivity (Wildman–Crippen MR) is 117 cm³/mol. The molecule has 32 heavy (non-hydrogen) atoms. The number of phenolic OH excluding ortho intramolecular Hbond substituents is 2. The van der Waals surface area contributed by atoms with E-state index in [2.05, 4.69) is 0 Å². The predicted octanol–water partition coefficient (Wildman–Crippen LogP) is 3.98. The summed E-state index contributed by atoms with van der Waals surface area (Å²) >= 11 is 0. The first-order chi connectivity index (χ1) is 15.3. The zero-order chi connectivity index (χ0) is 22.9. The highest BCUT2D eigenvalue weighted by Gasteiger charge is 2.37. The lowest BCUT2D eigenvalue weighted by Crippen LogP contribution is -2.32. The molecule has 0 aromatic heterocycles. The Morgan fingerprint density at radius 2 is 1.50 bits per heavy atom. The van der Waals surface area contributed by atoms with Crippen molar-refractivity contribution in [2.75, 3.05) is 0 Å². The van der Waals surface area contributed by atoms with Gasteiger partial charge in [0.15, 0.2) is 11.6 Å². The van der Waals surface area contributed by atoms with Crippen LogP contribution in [0.2, 0.25) is 0 Å². The third-order valence-electron chi connectivity index (χ3n) is 5.74. The number of ether oxygens (including phenoxy) is 1. The Balaban J connectivity index is 1.71. The average Bonchev–Trinajstić information content (AvgIpc) is 2.79. The van der Waals surface area contributed by atoms with E-state index in [1.54, 1.807) is 19.1 Å². The lowest BCUT2D eigenvalue weighted by atomic mass is 9.80. The van der Waals surface area contributed by atoms with Gasteiger partial charge in [-0.3, -0.25) is 9.59 Å². The van der Waals surface area contributed by atoms with Gasteiger partial charge in [-0.05, 0) is 18.6 Å². The quantitative estimate of drug-likeness (QED) is 0.340. The molecule has 6 nitrogen and oxygen atoms in total. The number of fused-ring (bicyclic) bond motifs is 2. The van der Waals surface area contributed by atoms with Crippen molar-refractivity contribution in [2.24, 2.45) is 0 Å². The maximum atomic E-state index is 13.1. The molecule has 0 bridgehead atoms. The fourth-order valence-electron chi connectivity index (χ4n) is 4.04. The van der Waals surface area contributed by atoms with Crippen LogP contribution in [0.25, 0.3) is 0 Å². The van der Waals surface area contributed by atoms with Gasteiger partial charge in [-0.2, -0.15) is 0 Å². The molecule has 0 saturated carbocycles. The van der Waals surface area contributed by atoms with Crippen LogP contribution in [0.1, 0.15) is 56.3 Å². The van der Waals surface area contributed by atoms with E-state index in [4.69, 9.17) is 4.74 Å². The summed E-state index contributed by atoms with van der Waals surface area (Å²) in [5.74, 6) is -1.83. The minimum Gasteiger partial charge on any atom is -0.507 e. The van der Waals surface area contributed by atoms with Crippen molar-refractivity contribution < 1.29 is 29.3 Å². The molecule has 0 heterocycles. The summed E-state index contributed by atoms with van der Waals surface area (Å²) in [6.07, 6.45) is 0.812. The number of hydrogen-bond donors (Lipinski definition) is 2. The number of rotatable bonds is 7. The van der Waals surface area contributed by atoms with Gasteiger partial charge in [0.2, 0.25) is 0 Å². The number of benzene rings is 3. The summed E-state index contributed by atoms with van der Waals surface area (Å²) in [6, 6.07) is 17.0. The molecule has 0 amide bonds. The number of hydrogen-bond acceptors (Lipinski definition) is 6. The molecule has 0 aliphatic heterocycles. The van der Waals surface area contributed by atoms with Crippen molar-refractivity contribution in [2.45, 2.75) is 32.0 Å². The van der Waals surface area contributed by atoms with Gasteiger partial charge in [0, 0.05) is 29.5 Å². The molecule has 0 saturated heterocycles. The molecule has 6 heteroatoms. The van der Waals surface area contributed by atoms with Gasteiger partial charge in [-0.25, -0.2) is 0 Å². The molecule has 1 aliphatic rings. The van der Waals surface area contributed by atoms with E-state index in [1.807, 2.05) is 30.3 Å². The molecule has 0 fully saturated rings. The zero-order valence-electron chi connectivity index (χ0n) is 17.5. The van der Waals surface area contributed by atoms with Crippen molar-refractivity contribution in [1.82, 2.24) is 0 Å². The van der Waals surface area contributed by atoms with Crippen LogP contribution >= 0.6 is 0 Å². The van der Waals surface area contributed by atoms with Crippen molar-refractivity contribution in [3.05, 3.63) is 94.0 Å². The van der Waals surface area contributed by atoms with Gasteiger partial charge in [-0.15, -0.1) is 0 Å². The number of aldehydes is 1. The Morgan fingerprint density at radius 3 is 2.12 bits per heavy atom. The smallest absolute Gasteiger partial charge is 0.198 e. The number of carbonyl (C=O) groups is 3. The summed E-state index contributed by atoms with van der Waals surface area (Å²) in [5.41, 5.74) is 0.0588. The maximum absolute atomic E-state index is 13.1. The number of phenols is 2. The molecule has 3 aromatic rings. The average molecular weight is 430 g/mol. The summed E-state index contributed by atoms with van der Waals surface area (Å²) in [5, 5.41) is 21.6. The molecular formula is C26H22O6. The Hall–Kier alpha value is -3.77. The third-order valence-corrected chi connectivity index (χ3v) is 5.74. The lowest BCUT2D eigenvalue weighted by Gasteiger charge is -2.30. The van der Waals surface area contributed by atoms with Gasteiger partial charge in [0.05, 0.1) is 23.3 Å². The fraction of sp³-hybridized carbons (Fsp3) is 0.192. The number of carbonyl (C=O) groups excluding carboxylic acids is 3. The Kier molecular flexibility index (Phi) is 5.63. The lowest BCUT2D eigenvalue weighted by molar-refractivity contribution is -0.115. The third kappa shape index (κ3) is 3.81. The molecule has 4 rings (SSSR count). The maximum Gasteiger partial charge on any atom is 0.198 e. The van der Waals surface area contributed by atoms with Crippen molar-refractivity contribution >= 4 is 17.9 Å². The van der Waals surface area contributed by atoms with Crippen LogP contribution < -0.4 is 0 Å². The van der Waals surface area contributed by atoms with E-state index in [0.717, 1.165) is 11.8 Å². The van der Waals surface area contributed by atoms with Gasteiger partial charge >= 0.3 is 0 Å². The summed E-state index contributed by atoms with van der Waals surface area (Å²) in [6.45, 7) is 1.97. The van der Waals surface area contributed by atoms with E-state index in [1.165, 1.54) is 18.2 Å². The summed E-state index contributed by atoms with van der Waals surface area (Å²) < 4.78 is 6.03. The summed E-state index contributed by atoms with van der Waals surface area (Å²) in [7, 11) is 0. The molecule has 2 N–H and O–H groups in total. The number of ketones is 2. The first-order valence-corrected chi connectivity index (χ1v) is 10.2. The first kappa shape index (κ1) is 21.5. The van der Waals surface area contributed by atoms with Crippen LogP contribution in [0, 0.1) is 0 Å². The fourth-order valence-corrected chi connectivity index (χ4v) is 4.04. The first-order valence-electron chi connectivity index (χ1n) is 10.2. The molecular weight excluding hydrogens is 408 g/mol. The van der Waals surface area contributed by atoms with Gasteiger partial charge < -0.3 is 19.7 Å². The van der Waals surface area contributed by atoms with Crippen molar-refractivity contribution in [1.29, 1.82) is 0 Å². The number of aromatic hydroxyl groups is 2. The second kappa shape index (κ2) is 8.40. The summed E-state index contributed by atoms with van der Waals surface area (Å²) in [4.78, 5) is 37.3. The SMILES string of the molecule is C[C@@](CC=O)(Cc1cc(O)c2c(c1O)C(=O)c1ccccc1C2=O)OCc1ccccc1. The minimum atomic E-state index is -1.00. The molecule has 0 radical (unpaired) electrons. The highest BCUT2D eigenvalue weighted by molar-refractivity contribution is 6.30. The van der Waals surface area contributed by atoms with Gasteiger partial charge in [0.25, 0.3) is 0 Å². The van der Waals surface area contributed by atoms with Crippen molar-refractivity contribution in [3.63, 3.8) is 0 Å². The molecule has 3 aromatic carbocycles. The second-order valence-electron chi connectivity index (χ2n) is 8.13. The van der Waals surface area contributed by atoms with Crippen LogP contribution in [-0.4, -0.2) is 33.7 Å². The van der Waals surface area contributed by atoms with E-state index in [0.29, 0.717) is 0 Å². The van der Waals surface area contributed by atoms with E-state index in [-0.39, 0.29) is 53.0 Å². The highest BCUT2D eigenvalue weighted by atomic mass is 16.5. The van der Waals surface area contributed by atoms with E-state index < -0.39 is 22.9 Å². The standard InChI is InChI=1S/C26H22O6/c1-26(11-12-27,32-15-16-7-3-2-4-8-16)14-17-13-20(28)21-22(23(17)29)25(31)19-10-6-5-9-18(19)24(21)30/h2-10,12-13,28-29H,11,14-15H2,1H3/t26-/m1/s1. The second-order valence-corrected chi connectivity index (χ2v) is 8.13. The van der Waals surface area contributed by atoms with Crippen LogP contribution in [0.4, 0.5) is 0 Å². The van der Waals surface area contributed by atoms with E-state index >= 15 is 0 Å². The van der Waals surface area contributed by atoms with Crippen LogP contribution in [0.5, 0.6) is 11.5 Å². The van der Waals surface area contributed by atoms with Gasteiger partial charge in [-0.1, -0.05) is 54.6 Å². The zero-order valence-corrected chi connectivity index (χ0v) is 17.5. The molecule has 0 spiro atoms. The van der Waals surface area contributed by atoms with Crippen LogP contribution in [-0.2, 0) is 22.6 Å². The van der Waals surface area contributed by atoms with Gasteiger partial charge in [0.1, 0.15) is 17.8 Å². The topological polar surface area (TPSA) is 101 Å². The molecule has 1 aliphatic carbocycles. The highest BCUT2D eigenvalue weighted by Crippen LogP contribution is 2.41. The van der Waals surface area contributed by atoms with Crippen molar-refractivity contribution in [3.8, 4) is 11.5 Å². The van der Waals surface area contributed by atoms with Crippen LogP contribution in [0.15, 0.2) is 60.7 Å². The normalized spacial score (nSPS) is 14.4. The minimum absolute atomic E-state index is 0.0346. The molecule has 0 unspecified atom stereocenters. The molecule has 162 valence electrons.